The van der Waals surface area contributed by atoms with Crippen LogP contribution in [0.1, 0.15) is 12.0 Å². The summed E-state index contributed by atoms with van der Waals surface area (Å²) >= 11 is 0. The molecule has 5 rings (SSSR count). The molecule has 1 N–H and O–H groups in total. The van der Waals surface area contributed by atoms with Gasteiger partial charge >= 0.3 is 0 Å². The molecule has 0 aliphatic carbocycles. The molecule has 138 valence electrons. The lowest BCUT2D eigenvalue weighted by Crippen LogP contribution is -2.01. The highest BCUT2D eigenvalue weighted by atomic mass is 19.1. The van der Waals surface area contributed by atoms with Crippen molar-refractivity contribution >= 4 is 21.8 Å². The molecule has 0 saturated carbocycles. The van der Waals surface area contributed by atoms with E-state index in [0.717, 1.165) is 41.2 Å². The van der Waals surface area contributed by atoms with Gasteiger partial charge in [0.25, 0.3) is 0 Å². The van der Waals surface area contributed by atoms with Crippen LogP contribution in [0.25, 0.3) is 32.9 Å². The first kappa shape index (κ1) is 16.7. The fourth-order valence-corrected chi connectivity index (χ4v) is 3.84. The highest BCUT2D eigenvalue weighted by molar-refractivity contribution is 6.08. The first-order valence-electron chi connectivity index (χ1n) is 9.39. The van der Waals surface area contributed by atoms with E-state index in [1.165, 1.54) is 22.8 Å². The summed E-state index contributed by atoms with van der Waals surface area (Å²) in [5.41, 5.74) is 5.63. The second-order valence-corrected chi connectivity index (χ2v) is 7.00. The molecule has 0 radical (unpaired) electrons. The van der Waals surface area contributed by atoms with E-state index in [4.69, 9.17) is 0 Å². The SMILES string of the molecule is Fc1ccc2[nH]c3cc(-c4ccccc4)c(CCCn4cncn4)cc3c2c1. The van der Waals surface area contributed by atoms with Crippen molar-refractivity contribution in [3.63, 3.8) is 0 Å². The minimum absolute atomic E-state index is 0.215. The van der Waals surface area contributed by atoms with Gasteiger partial charge in [0.05, 0.1) is 0 Å². The first-order valence-corrected chi connectivity index (χ1v) is 9.39. The Morgan fingerprint density at radius 1 is 0.929 bits per heavy atom. The molecule has 3 aromatic carbocycles. The van der Waals surface area contributed by atoms with Gasteiger partial charge in [-0.2, -0.15) is 5.10 Å². The van der Waals surface area contributed by atoms with Crippen molar-refractivity contribution in [1.82, 2.24) is 19.7 Å². The molecule has 0 aliphatic heterocycles. The summed E-state index contributed by atoms with van der Waals surface area (Å²) in [6.45, 7) is 0.814. The van der Waals surface area contributed by atoms with Crippen molar-refractivity contribution in [2.75, 3.05) is 0 Å². The number of nitrogens with zero attached hydrogens (tertiary/aromatic N) is 3. The van der Waals surface area contributed by atoms with Crippen LogP contribution in [-0.2, 0) is 13.0 Å². The predicted octanol–water partition coefficient (Wildman–Crippen LogP) is 5.35. The molecule has 0 saturated heterocycles. The topological polar surface area (TPSA) is 46.5 Å². The quantitative estimate of drug-likeness (QED) is 0.453. The van der Waals surface area contributed by atoms with Gasteiger partial charge < -0.3 is 4.98 Å². The fourth-order valence-electron chi connectivity index (χ4n) is 3.84. The Hall–Kier alpha value is -3.47. The number of H-pyrrole nitrogens is 1. The van der Waals surface area contributed by atoms with Gasteiger partial charge in [0.15, 0.2) is 0 Å². The van der Waals surface area contributed by atoms with E-state index in [2.05, 4.69) is 51.5 Å². The van der Waals surface area contributed by atoms with Crippen LogP contribution in [0.3, 0.4) is 0 Å². The normalized spacial score (nSPS) is 11.5. The molecular weight excluding hydrogens is 351 g/mol. The number of fused-ring (bicyclic) bond motifs is 3. The van der Waals surface area contributed by atoms with Crippen LogP contribution >= 0.6 is 0 Å². The molecule has 0 aliphatic rings. The van der Waals surface area contributed by atoms with Crippen LogP contribution < -0.4 is 0 Å². The zero-order valence-corrected chi connectivity index (χ0v) is 15.3. The number of hydrogen-bond donors (Lipinski definition) is 1. The lowest BCUT2D eigenvalue weighted by Gasteiger charge is -2.11. The number of nitrogens with one attached hydrogen (secondary N) is 1. The maximum Gasteiger partial charge on any atom is 0.137 e. The summed E-state index contributed by atoms with van der Waals surface area (Å²) in [6.07, 6.45) is 5.15. The monoisotopic (exact) mass is 370 g/mol. The van der Waals surface area contributed by atoms with Gasteiger partial charge in [-0.25, -0.2) is 9.37 Å². The predicted molar refractivity (Wildman–Crippen MR) is 110 cm³/mol. The minimum atomic E-state index is -0.215. The Morgan fingerprint density at radius 3 is 2.61 bits per heavy atom. The summed E-state index contributed by atoms with van der Waals surface area (Å²) in [4.78, 5) is 7.43. The molecule has 28 heavy (non-hydrogen) atoms. The lowest BCUT2D eigenvalue weighted by atomic mass is 9.94. The highest BCUT2D eigenvalue weighted by Crippen LogP contribution is 2.33. The number of benzene rings is 3. The maximum atomic E-state index is 13.8. The Bertz CT molecular complexity index is 1240. The molecule has 5 heteroatoms. The summed E-state index contributed by atoms with van der Waals surface area (Å²) in [7, 11) is 0. The van der Waals surface area contributed by atoms with Gasteiger partial charge in [-0.05, 0) is 59.9 Å². The summed E-state index contributed by atoms with van der Waals surface area (Å²) in [6, 6.07) is 19.7. The third-order valence-electron chi connectivity index (χ3n) is 5.17. The molecule has 0 bridgehead atoms. The van der Waals surface area contributed by atoms with Crippen molar-refractivity contribution in [1.29, 1.82) is 0 Å². The molecule has 0 unspecified atom stereocenters. The summed E-state index contributed by atoms with van der Waals surface area (Å²) in [5, 5.41) is 6.16. The van der Waals surface area contributed by atoms with Crippen LogP contribution in [0.15, 0.2) is 73.3 Å². The van der Waals surface area contributed by atoms with Crippen molar-refractivity contribution in [3.8, 4) is 11.1 Å². The van der Waals surface area contributed by atoms with E-state index in [0.29, 0.717) is 0 Å². The lowest BCUT2D eigenvalue weighted by molar-refractivity contribution is 0.578. The maximum absolute atomic E-state index is 13.8. The van der Waals surface area contributed by atoms with Gasteiger partial charge in [-0.1, -0.05) is 30.3 Å². The number of hydrogen-bond acceptors (Lipinski definition) is 2. The number of aromatic nitrogens is 4. The summed E-state index contributed by atoms with van der Waals surface area (Å²) in [5.74, 6) is -0.215. The fraction of sp³-hybridized carbons (Fsp3) is 0.130. The molecular formula is C23H19FN4. The van der Waals surface area contributed by atoms with Crippen LogP contribution in [0.2, 0.25) is 0 Å². The van der Waals surface area contributed by atoms with E-state index < -0.39 is 0 Å². The van der Waals surface area contributed by atoms with Gasteiger partial charge in [-0.3, -0.25) is 4.68 Å². The molecule has 0 fully saturated rings. The van der Waals surface area contributed by atoms with Crippen molar-refractivity contribution < 1.29 is 4.39 Å². The second-order valence-electron chi connectivity index (χ2n) is 7.00. The number of aryl methyl sites for hydroxylation is 2. The molecule has 2 aromatic heterocycles. The number of halogens is 1. The van der Waals surface area contributed by atoms with Gasteiger partial charge in [0, 0.05) is 28.4 Å². The van der Waals surface area contributed by atoms with Crippen LogP contribution in [0.5, 0.6) is 0 Å². The minimum Gasteiger partial charge on any atom is -0.354 e. The zero-order chi connectivity index (χ0) is 18.9. The Balaban J connectivity index is 1.61. The Morgan fingerprint density at radius 2 is 1.79 bits per heavy atom. The van der Waals surface area contributed by atoms with E-state index in [9.17, 15) is 4.39 Å². The molecule has 0 spiro atoms. The number of aromatic amines is 1. The zero-order valence-electron chi connectivity index (χ0n) is 15.3. The van der Waals surface area contributed by atoms with Gasteiger partial charge in [0.2, 0.25) is 0 Å². The van der Waals surface area contributed by atoms with E-state index in [-0.39, 0.29) is 5.82 Å². The van der Waals surface area contributed by atoms with Crippen molar-refractivity contribution in [2.45, 2.75) is 19.4 Å². The molecule has 5 aromatic rings. The first-order chi connectivity index (χ1) is 13.8. The van der Waals surface area contributed by atoms with Crippen LogP contribution in [0.4, 0.5) is 4.39 Å². The van der Waals surface area contributed by atoms with Crippen LogP contribution in [-0.4, -0.2) is 19.7 Å². The van der Waals surface area contributed by atoms with Gasteiger partial charge in [-0.15, -0.1) is 0 Å². The third-order valence-corrected chi connectivity index (χ3v) is 5.17. The number of rotatable bonds is 5. The largest absolute Gasteiger partial charge is 0.354 e. The highest BCUT2D eigenvalue weighted by Gasteiger charge is 2.12. The van der Waals surface area contributed by atoms with E-state index >= 15 is 0 Å². The smallest absolute Gasteiger partial charge is 0.137 e. The van der Waals surface area contributed by atoms with Crippen molar-refractivity contribution in [3.05, 3.63) is 84.7 Å². The van der Waals surface area contributed by atoms with Gasteiger partial charge in [0.1, 0.15) is 18.5 Å². The second kappa shape index (κ2) is 6.93. The summed E-state index contributed by atoms with van der Waals surface area (Å²) < 4.78 is 15.7. The third kappa shape index (κ3) is 3.05. The Labute approximate surface area is 161 Å². The Kier molecular flexibility index (Phi) is 4.13. The molecule has 4 nitrogen and oxygen atoms in total. The van der Waals surface area contributed by atoms with Crippen LogP contribution in [0, 0.1) is 5.82 Å². The van der Waals surface area contributed by atoms with E-state index in [1.807, 2.05) is 10.7 Å². The molecule has 2 heterocycles. The molecule has 0 amide bonds. The average Bonchev–Trinajstić information content (AvgIpc) is 3.35. The standard InChI is InChI=1S/C23H19FN4/c24-18-8-9-22-21(12-18)20-11-17(7-4-10-28-15-25-14-26-28)19(13-23(20)27-22)16-5-2-1-3-6-16/h1-3,5-6,8-9,11-15,27H,4,7,10H2. The molecule has 0 atom stereocenters. The van der Waals surface area contributed by atoms with E-state index in [1.54, 1.807) is 24.8 Å². The van der Waals surface area contributed by atoms with Crippen molar-refractivity contribution in [2.24, 2.45) is 0 Å². The average molecular weight is 370 g/mol.